The lowest BCUT2D eigenvalue weighted by molar-refractivity contribution is -0.121. The minimum atomic E-state index is -0.138. The summed E-state index contributed by atoms with van der Waals surface area (Å²) in [4.78, 5) is 11.3. The van der Waals surface area contributed by atoms with E-state index in [1.54, 1.807) is 25.1 Å². The number of nitrogens with one attached hydrogen (secondary N) is 1. The van der Waals surface area contributed by atoms with Crippen LogP contribution in [0, 0.1) is 0 Å². The summed E-state index contributed by atoms with van der Waals surface area (Å²) in [6, 6.07) is 5.04. The van der Waals surface area contributed by atoms with Gasteiger partial charge in [-0.25, -0.2) is 0 Å². The topological polar surface area (TPSA) is 55.1 Å². The predicted octanol–water partition coefficient (Wildman–Crippen LogP) is 2.35. The molecule has 0 heterocycles. The van der Waals surface area contributed by atoms with Gasteiger partial charge in [-0.2, -0.15) is 0 Å². The predicted molar refractivity (Wildman–Crippen MR) is 66.6 cm³/mol. The van der Waals surface area contributed by atoms with E-state index in [1.807, 2.05) is 0 Å². The Bertz CT molecular complexity index is 380. The molecule has 0 aliphatic rings. The largest absolute Gasteiger partial charge is 0.352 e. The van der Waals surface area contributed by atoms with E-state index in [1.165, 1.54) is 0 Å². The Morgan fingerprint density at radius 2 is 2.19 bits per heavy atom. The van der Waals surface area contributed by atoms with Gasteiger partial charge >= 0.3 is 0 Å². The van der Waals surface area contributed by atoms with Gasteiger partial charge in [0, 0.05) is 29.1 Å². The molecule has 1 aromatic rings. The molecule has 0 saturated heterocycles. The smallest absolute Gasteiger partial charge is 0.221 e. The molecule has 1 amide bonds. The summed E-state index contributed by atoms with van der Waals surface area (Å²) >= 11 is 11.7. The van der Waals surface area contributed by atoms with Crippen LogP contribution in [0.4, 0.5) is 0 Å². The van der Waals surface area contributed by atoms with Crippen molar-refractivity contribution in [3.05, 3.63) is 33.8 Å². The summed E-state index contributed by atoms with van der Waals surface area (Å²) in [6.07, 6.45) is 0.311. The van der Waals surface area contributed by atoms with E-state index in [4.69, 9.17) is 28.9 Å². The van der Waals surface area contributed by atoms with Crippen molar-refractivity contribution in [1.82, 2.24) is 5.32 Å². The highest BCUT2D eigenvalue weighted by Gasteiger charge is 2.06. The Morgan fingerprint density at radius 3 is 2.75 bits per heavy atom. The second-order valence-electron chi connectivity index (χ2n) is 3.69. The third-order valence-electron chi connectivity index (χ3n) is 2.00. The molecule has 88 valence electrons. The van der Waals surface area contributed by atoms with Crippen LogP contribution in [0.2, 0.25) is 10.0 Å². The normalized spacial score (nSPS) is 12.2. The molecule has 1 unspecified atom stereocenters. The highest BCUT2D eigenvalue weighted by atomic mass is 35.5. The molecule has 1 rings (SSSR count). The van der Waals surface area contributed by atoms with Crippen molar-refractivity contribution >= 4 is 29.1 Å². The Labute approximate surface area is 105 Å². The lowest BCUT2D eigenvalue weighted by Gasteiger charge is -2.08. The summed E-state index contributed by atoms with van der Waals surface area (Å²) in [5.74, 6) is -0.0824. The zero-order valence-electron chi connectivity index (χ0n) is 8.97. The highest BCUT2D eigenvalue weighted by Crippen LogP contribution is 2.20. The molecule has 1 aromatic carbocycles. The van der Waals surface area contributed by atoms with Gasteiger partial charge in [-0.05, 0) is 24.6 Å². The highest BCUT2D eigenvalue weighted by molar-refractivity contribution is 6.35. The van der Waals surface area contributed by atoms with E-state index in [0.29, 0.717) is 23.0 Å². The van der Waals surface area contributed by atoms with Crippen LogP contribution < -0.4 is 11.1 Å². The number of hydrogen-bond donors (Lipinski definition) is 2. The van der Waals surface area contributed by atoms with Gasteiger partial charge in [0.1, 0.15) is 0 Å². The second-order valence-corrected chi connectivity index (χ2v) is 4.54. The van der Waals surface area contributed by atoms with Crippen molar-refractivity contribution in [2.75, 3.05) is 0 Å². The average molecular weight is 261 g/mol. The molecule has 0 fully saturated rings. The van der Waals surface area contributed by atoms with Crippen LogP contribution in [0.1, 0.15) is 18.9 Å². The van der Waals surface area contributed by atoms with E-state index in [9.17, 15) is 4.79 Å². The van der Waals surface area contributed by atoms with Crippen molar-refractivity contribution < 1.29 is 4.79 Å². The number of nitrogens with two attached hydrogens (primary N) is 1. The molecule has 16 heavy (non-hydrogen) atoms. The number of amides is 1. The minimum absolute atomic E-state index is 0.0824. The van der Waals surface area contributed by atoms with E-state index < -0.39 is 0 Å². The van der Waals surface area contributed by atoms with Crippen LogP contribution in [0.15, 0.2) is 18.2 Å². The van der Waals surface area contributed by atoms with Crippen LogP contribution in [0.5, 0.6) is 0 Å². The molecule has 3 nitrogen and oxygen atoms in total. The van der Waals surface area contributed by atoms with Gasteiger partial charge in [-0.1, -0.05) is 29.3 Å². The molecule has 0 aromatic heterocycles. The Balaban J connectivity index is 2.51. The van der Waals surface area contributed by atoms with E-state index in [0.717, 1.165) is 5.56 Å². The first kappa shape index (κ1) is 13.3. The fourth-order valence-electron chi connectivity index (χ4n) is 1.22. The van der Waals surface area contributed by atoms with Crippen molar-refractivity contribution in [2.24, 2.45) is 5.73 Å². The van der Waals surface area contributed by atoms with Gasteiger partial charge in [0.15, 0.2) is 0 Å². The molecule has 0 saturated carbocycles. The van der Waals surface area contributed by atoms with Gasteiger partial charge in [0.2, 0.25) is 5.91 Å². The number of carbonyl (C=O) groups is 1. The fourth-order valence-corrected chi connectivity index (χ4v) is 1.70. The molecule has 0 radical (unpaired) electrons. The van der Waals surface area contributed by atoms with Crippen molar-refractivity contribution in [2.45, 2.75) is 25.9 Å². The molecular weight excluding hydrogens is 247 g/mol. The van der Waals surface area contributed by atoms with Gasteiger partial charge in [0.05, 0.1) is 0 Å². The first-order chi connectivity index (χ1) is 7.49. The van der Waals surface area contributed by atoms with Crippen molar-refractivity contribution in [3.8, 4) is 0 Å². The molecule has 0 aliphatic carbocycles. The minimum Gasteiger partial charge on any atom is -0.352 e. The molecular formula is C11H14Cl2N2O. The quantitative estimate of drug-likeness (QED) is 0.874. The van der Waals surface area contributed by atoms with Crippen LogP contribution in [0.25, 0.3) is 0 Å². The Morgan fingerprint density at radius 1 is 1.50 bits per heavy atom. The third kappa shape index (κ3) is 4.39. The van der Waals surface area contributed by atoms with Crippen LogP contribution in [0.3, 0.4) is 0 Å². The lowest BCUT2D eigenvalue weighted by Crippen LogP contribution is -2.29. The Hall–Kier alpha value is -0.770. The number of carbonyl (C=O) groups excluding carboxylic acids is 1. The lowest BCUT2D eigenvalue weighted by atomic mass is 10.2. The molecule has 5 heteroatoms. The van der Waals surface area contributed by atoms with E-state index in [-0.39, 0.29) is 11.9 Å². The number of benzene rings is 1. The fraction of sp³-hybridized carbons (Fsp3) is 0.364. The zero-order valence-corrected chi connectivity index (χ0v) is 10.5. The summed E-state index contributed by atoms with van der Waals surface area (Å²) < 4.78 is 0. The summed E-state index contributed by atoms with van der Waals surface area (Å²) in [6.45, 7) is 2.18. The summed E-state index contributed by atoms with van der Waals surface area (Å²) in [5.41, 5.74) is 6.34. The van der Waals surface area contributed by atoms with Crippen LogP contribution >= 0.6 is 23.2 Å². The van der Waals surface area contributed by atoms with Crippen LogP contribution in [-0.4, -0.2) is 11.9 Å². The SMILES string of the molecule is CC(N)CC(=O)NCc1ccc(Cl)cc1Cl. The first-order valence-corrected chi connectivity index (χ1v) is 5.71. The van der Waals surface area contributed by atoms with Gasteiger partial charge in [-0.3, -0.25) is 4.79 Å². The zero-order chi connectivity index (χ0) is 12.1. The molecule has 1 atom stereocenters. The summed E-state index contributed by atoms with van der Waals surface area (Å²) in [7, 11) is 0. The number of rotatable bonds is 4. The number of halogens is 2. The second kappa shape index (κ2) is 6.09. The number of hydrogen-bond acceptors (Lipinski definition) is 2. The molecule has 0 bridgehead atoms. The third-order valence-corrected chi connectivity index (χ3v) is 2.59. The molecule has 3 N–H and O–H groups in total. The molecule has 0 aliphatic heterocycles. The summed E-state index contributed by atoms with van der Waals surface area (Å²) in [5, 5.41) is 3.87. The maximum absolute atomic E-state index is 11.3. The monoisotopic (exact) mass is 260 g/mol. The van der Waals surface area contributed by atoms with Gasteiger partial charge < -0.3 is 11.1 Å². The van der Waals surface area contributed by atoms with Gasteiger partial charge in [0.25, 0.3) is 0 Å². The maximum Gasteiger partial charge on any atom is 0.221 e. The van der Waals surface area contributed by atoms with E-state index in [2.05, 4.69) is 5.32 Å². The standard InChI is InChI=1S/C11H14Cl2N2O/c1-7(14)4-11(16)15-6-8-2-3-9(12)5-10(8)13/h2-3,5,7H,4,6,14H2,1H3,(H,15,16). The average Bonchev–Trinajstić information content (AvgIpc) is 2.15. The molecule has 0 spiro atoms. The van der Waals surface area contributed by atoms with Crippen molar-refractivity contribution in [1.29, 1.82) is 0 Å². The van der Waals surface area contributed by atoms with E-state index >= 15 is 0 Å². The van der Waals surface area contributed by atoms with Gasteiger partial charge in [-0.15, -0.1) is 0 Å². The first-order valence-electron chi connectivity index (χ1n) is 4.95. The maximum atomic E-state index is 11.3. The van der Waals surface area contributed by atoms with Crippen molar-refractivity contribution in [3.63, 3.8) is 0 Å². The van der Waals surface area contributed by atoms with Crippen LogP contribution in [-0.2, 0) is 11.3 Å². The Kier molecular flexibility index (Phi) is 5.06.